The largest absolute Gasteiger partial charge is 0.382 e. The van der Waals surface area contributed by atoms with Crippen LogP contribution in [0.4, 0.5) is 5.82 Å². The lowest BCUT2D eigenvalue weighted by Crippen LogP contribution is -2.07. The Morgan fingerprint density at radius 2 is 2.22 bits per heavy atom. The molecule has 6 nitrogen and oxygen atoms in total. The number of aromatic nitrogens is 3. The molecule has 1 N–H and O–H groups in total. The summed E-state index contributed by atoms with van der Waals surface area (Å²) < 4.78 is 10.7. The van der Waals surface area contributed by atoms with Gasteiger partial charge in [0.05, 0.1) is 0 Å². The van der Waals surface area contributed by atoms with Crippen LogP contribution in [0.2, 0.25) is 5.02 Å². The van der Waals surface area contributed by atoms with Crippen LogP contribution in [0.5, 0.6) is 0 Å². The molecule has 0 aliphatic rings. The predicted octanol–water partition coefficient (Wildman–Crippen LogP) is 3.78. The van der Waals surface area contributed by atoms with Crippen LogP contribution < -0.4 is 5.32 Å². The van der Waals surface area contributed by atoms with Gasteiger partial charge in [0.15, 0.2) is 0 Å². The maximum absolute atomic E-state index is 6.07. The lowest BCUT2D eigenvalue weighted by Gasteiger charge is -2.07. The zero-order valence-corrected chi connectivity index (χ0v) is 13.5. The van der Waals surface area contributed by atoms with Crippen LogP contribution in [0.15, 0.2) is 35.1 Å². The molecule has 3 aromatic rings. The van der Waals surface area contributed by atoms with Gasteiger partial charge in [0.1, 0.15) is 23.2 Å². The molecule has 0 bridgehead atoms. The molecule has 3 rings (SSSR count). The number of nitrogens with zero attached hydrogens (tertiary/aromatic N) is 3. The molecule has 1 aromatic carbocycles. The van der Waals surface area contributed by atoms with Crippen LogP contribution in [-0.2, 0) is 4.74 Å². The number of ether oxygens (including phenoxy) is 1. The molecule has 0 fully saturated rings. The summed E-state index contributed by atoms with van der Waals surface area (Å²) in [7, 11) is 0. The van der Waals surface area contributed by atoms with E-state index in [1.165, 1.54) is 6.33 Å². The van der Waals surface area contributed by atoms with Crippen LogP contribution in [-0.4, -0.2) is 34.9 Å². The number of hydrogen-bond donors (Lipinski definition) is 1. The maximum Gasteiger partial charge on any atom is 0.263 e. The summed E-state index contributed by atoms with van der Waals surface area (Å²) in [6.45, 7) is 4.16. The van der Waals surface area contributed by atoms with Crippen LogP contribution in [0.1, 0.15) is 13.3 Å². The van der Waals surface area contributed by atoms with E-state index in [2.05, 4.69) is 20.4 Å². The van der Waals surface area contributed by atoms with E-state index in [0.29, 0.717) is 28.9 Å². The minimum Gasteiger partial charge on any atom is -0.382 e. The summed E-state index contributed by atoms with van der Waals surface area (Å²) in [5.74, 6) is 0.697. The molecule has 0 spiro atoms. The van der Waals surface area contributed by atoms with E-state index in [1.807, 2.05) is 31.2 Å². The number of anilines is 1. The Hall–Kier alpha value is -2.18. The van der Waals surface area contributed by atoms with Gasteiger partial charge in [0.2, 0.25) is 0 Å². The first-order valence-corrected chi connectivity index (χ1v) is 7.85. The predicted molar refractivity (Wildman–Crippen MR) is 89.6 cm³/mol. The Morgan fingerprint density at radius 1 is 1.30 bits per heavy atom. The van der Waals surface area contributed by atoms with Gasteiger partial charge in [-0.3, -0.25) is 0 Å². The van der Waals surface area contributed by atoms with Gasteiger partial charge in [0.25, 0.3) is 5.71 Å². The third kappa shape index (κ3) is 3.60. The van der Waals surface area contributed by atoms with Crippen molar-refractivity contribution in [3.63, 3.8) is 0 Å². The summed E-state index contributed by atoms with van der Waals surface area (Å²) in [6.07, 6.45) is 2.34. The van der Waals surface area contributed by atoms with Gasteiger partial charge in [-0.2, -0.15) is 4.98 Å². The molecular formula is C16H17ClN4O2. The number of hydrogen-bond acceptors (Lipinski definition) is 6. The lowest BCUT2D eigenvalue weighted by molar-refractivity contribution is 0.147. The second kappa shape index (κ2) is 7.39. The second-order valence-electron chi connectivity index (χ2n) is 4.92. The minimum absolute atomic E-state index is 0.447. The summed E-state index contributed by atoms with van der Waals surface area (Å²) in [5.41, 5.74) is 1.99. The van der Waals surface area contributed by atoms with Crippen LogP contribution >= 0.6 is 11.6 Å². The van der Waals surface area contributed by atoms with E-state index >= 15 is 0 Å². The molecule has 0 radical (unpaired) electrons. The Labute approximate surface area is 138 Å². The number of rotatable bonds is 7. The molecule has 0 aliphatic heterocycles. The van der Waals surface area contributed by atoms with Crippen LogP contribution in [0.25, 0.3) is 22.4 Å². The van der Waals surface area contributed by atoms with E-state index in [1.54, 1.807) is 0 Å². The number of benzene rings is 1. The molecule has 2 aromatic heterocycles. The van der Waals surface area contributed by atoms with Gasteiger partial charge < -0.3 is 14.6 Å². The minimum atomic E-state index is 0.447. The van der Waals surface area contributed by atoms with Crippen LogP contribution in [0, 0.1) is 0 Å². The van der Waals surface area contributed by atoms with Gasteiger partial charge in [-0.05, 0) is 25.5 Å². The Kier molecular flexibility index (Phi) is 5.05. The molecule has 0 aliphatic carbocycles. The molecule has 0 atom stereocenters. The van der Waals surface area contributed by atoms with Crippen molar-refractivity contribution in [3.05, 3.63) is 35.6 Å². The third-order valence-corrected chi connectivity index (χ3v) is 3.57. The average molecular weight is 333 g/mol. The first-order chi connectivity index (χ1) is 11.3. The number of fused-ring (bicyclic) bond motifs is 1. The highest BCUT2D eigenvalue weighted by molar-refractivity contribution is 6.30. The van der Waals surface area contributed by atoms with Crippen LogP contribution in [0.3, 0.4) is 0 Å². The van der Waals surface area contributed by atoms with Gasteiger partial charge in [-0.1, -0.05) is 28.9 Å². The van der Waals surface area contributed by atoms with Crippen molar-refractivity contribution in [1.82, 2.24) is 15.1 Å². The zero-order chi connectivity index (χ0) is 16.1. The number of halogens is 1. The van der Waals surface area contributed by atoms with Gasteiger partial charge in [-0.25, -0.2) is 4.98 Å². The molecule has 23 heavy (non-hydrogen) atoms. The van der Waals surface area contributed by atoms with Crippen molar-refractivity contribution >= 4 is 28.5 Å². The fourth-order valence-electron chi connectivity index (χ4n) is 2.28. The molecule has 0 saturated carbocycles. The van der Waals surface area contributed by atoms with E-state index in [9.17, 15) is 0 Å². The average Bonchev–Trinajstić information content (AvgIpc) is 2.99. The Morgan fingerprint density at radius 3 is 3.04 bits per heavy atom. The fourth-order valence-corrected chi connectivity index (χ4v) is 2.47. The third-order valence-electron chi connectivity index (χ3n) is 3.33. The molecule has 120 valence electrons. The fraction of sp³-hybridized carbons (Fsp3) is 0.312. The van der Waals surface area contributed by atoms with Crippen molar-refractivity contribution in [2.45, 2.75) is 13.3 Å². The molecule has 0 saturated heterocycles. The second-order valence-corrected chi connectivity index (χ2v) is 5.36. The van der Waals surface area contributed by atoms with Gasteiger partial charge in [0, 0.05) is 30.3 Å². The summed E-state index contributed by atoms with van der Waals surface area (Å²) in [6, 6.07) is 7.45. The highest BCUT2D eigenvalue weighted by Gasteiger charge is 2.16. The number of nitrogens with one attached hydrogen (secondary N) is 1. The topological polar surface area (TPSA) is 73.1 Å². The summed E-state index contributed by atoms with van der Waals surface area (Å²) in [4.78, 5) is 8.44. The van der Waals surface area contributed by atoms with Crippen molar-refractivity contribution in [1.29, 1.82) is 0 Å². The molecule has 0 unspecified atom stereocenters. The van der Waals surface area contributed by atoms with Crippen molar-refractivity contribution in [2.24, 2.45) is 0 Å². The normalized spacial score (nSPS) is 11.0. The van der Waals surface area contributed by atoms with Gasteiger partial charge >= 0.3 is 0 Å². The van der Waals surface area contributed by atoms with Crippen molar-refractivity contribution < 1.29 is 9.26 Å². The smallest absolute Gasteiger partial charge is 0.263 e. The highest BCUT2D eigenvalue weighted by Crippen LogP contribution is 2.32. The molecule has 2 heterocycles. The maximum atomic E-state index is 6.07. The van der Waals surface area contributed by atoms with E-state index < -0.39 is 0 Å². The summed E-state index contributed by atoms with van der Waals surface area (Å²) in [5, 5.41) is 8.81. The zero-order valence-electron chi connectivity index (χ0n) is 12.8. The molecular weight excluding hydrogens is 316 g/mol. The van der Waals surface area contributed by atoms with Crippen molar-refractivity contribution in [2.75, 3.05) is 25.1 Å². The first-order valence-electron chi connectivity index (χ1n) is 7.47. The SMILES string of the molecule is CCOCCCNc1ncnc2onc(-c3cccc(Cl)c3)c12. The van der Waals surface area contributed by atoms with Gasteiger partial charge in [-0.15, -0.1) is 0 Å². The van der Waals surface area contributed by atoms with Crippen molar-refractivity contribution in [3.8, 4) is 11.3 Å². The lowest BCUT2D eigenvalue weighted by atomic mass is 10.1. The standard InChI is InChI=1S/C16H17ClN4O2/c1-2-22-8-4-7-18-15-13-14(11-5-3-6-12(17)9-11)21-23-16(13)20-10-19-15/h3,5-6,9-10H,2,4,7-8H2,1H3,(H,18,19,20). The highest BCUT2D eigenvalue weighted by atomic mass is 35.5. The quantitative estimate of drug-likeness (QED) is 0.664. The molecule has 0 amide bonds. The monoisotopic (exact) mass is 332 g/mol. The van der Waals surface area contributed by atoms with E-state index in [0.717, 1.165) is 30.5 Å². The Bertz CT molecular complexity index is 791. The van der Waals surface area contributed by atoms with E-state index in [-0.39, 0.29) is 0 Å². The Balaban J connectivity index is 1.88. The van der Waals surface area contributed by atoms with E-state index in [4.69, 9.17) is 20.9 Å². The first kappa shape index (κ1) is 15.7. The molecule has 7 heteroatoms. The summed E-state index contributed by atoms with van der Waals surface area (Å²) >= 11 is 6.07.